The average molecular weight is 350 g/mol. The van der Waals surface area contributed by atoms with Crippen molar-refractivity contribution in [1.82, 2.24) is 5.32 Å². The van der Waals surface area contributed by atoms with Crippen LogP contribution in [-0.4, -0.2) is 21.8 Å². The molecule has 3 heteroatoms. The van der Waals surface area contributed by atoms with Gasteiger partial charge in [-0.2, -0.15) is 0 Å². The number of benzene rings is 1. The summed E-state index contributed by atoms with van der Waals surface area (Å²) in [4.78, 5) is 0. The highest BCUT2D eigenvalue weighted by Crippen LogP contribution is 2.29. The molecule has 0 aliphatic heterocycles. The van der Waals surface area contributed by atoms with Gasteiger partial charge in [0.1, 0.15) is 0 Å². The highest BCUT2D eigenvalue weighted by atomic mass is 28.3. The molecule has 0 bridgehead atoms. The average Bonchev–Trinajstić information content (AvgIpc) is 2.51. The number of aryl methyl sites for hydroxylation is 1. The van der Waals surface area contributed by atoms with Gasteiger partial charge in [0.25, 0.3) is 0 Å². The van der Waals surface area contributed by atoms with Gasteiger partial charge in [-0.05, 0) is 68.6 Å². The number of unbranched alkanes of at least 4 members (excludes halogenated alkanes) is 1. The normalized spacial score (nSPS) is 14.8. The zero-order valence-corrected chi connectivity index (χ0v) is 17.9. The van der Waals surface area contributed by atoms with Crippen molar-refractivity contribution in [3.63, 3.8) is 0 Å². The highest BCUT2D eigenvalue weighted by molar-refractivity contribution is 6.48. The predicted molar refractivity (Wildman–Crippen MR) is 109 cm³/mol. The van der Waals surface area contributed by atoms with Crippen LogP contribution in [0.1, 0.15) is 58.9 Å². The Bertz CT molecular complexity index is 427. The van der Waals surface area contributed by atoms with Gasteiger partial charge in [0.15, 0.2) is 9.04 Å². The zero-order valence-electron chi connectivity index (χ0n) is 16.8. The summed E-state index contributed by atoms with van der Waals surface area (Å²) in [7, 11) is -1.00. The van der Waals surface area contributed by atoms with Gasteiger partial charge in [0, 0.05) is 0 Å². The van der Waals surface area contributed by atoms with E-state index in [1.54, 1.807) is 0 Å². The van der Waals surface area contributed by atoms with E-state index in [1.807, 2.05) is 0 Å². The first-order valence-corrected chi connectivity index (χ1v) is 12.5. The molecule has 1 N–H and O–H groups in total. The second-order valence-electron chi connectivity index (χ2n) is 8.41. The summed E-state index contributed by atoms with van der Waals surface area (Å²) in [5.74, 6) is 0.720. The Labute approximate surface area is 152 Å². The first-order chi connectivity index (χ1) is 11.3. The summed E-state index contributed by atoms with van der Waals surface area (Å²) < 4.78 is 6.21. The fourth-order valence-electron chi connectivity index (χ4n) is 2.74. The molecule has 0 spiro atoms. The van der Waals surface area contributed by atoms with Crippen LogP contribution in [0.5, 0.6) is 0 Å². The Morgan fingerprint density at radius 3 is 2.29 bits per heavy atom. The molecule has 2 unspecified atom stereocenters. The van der Waals surface area contributed by atoms with Crippen LogP contribution < -0.4 is 5.32 Å². The minimum atomic E-state index is -1.00. The van der Waals surface area contributed by atoms with Crippen molar-refractivity contribution < 1.29 is 4.43 Å². The van der Waals surface area contributed by atoms with Crippen molar-refractivity contribution in [2.45, 2.75) is 79.1 Å². The molecule has 2 nitrogen and oxygen atoms in total. The van der Waals surface area contributed by atoms with Crippen molar-refractivity contribution in [1.29, 1.82) is 0 Å². The summed E-state index contributed by atoms with van der Waals surface area (Å²) in [6, 6.07) is 10.8. The molecule has 0 fully saturated rings. The molecule has 1 aromatic carbocycles. The standard InChI is InChI=1S/C21H39NOSi/c1-18(21(2,3)4)15-16-20(23-24(5)6)22-17-11-10-14-19-12-8-7-9-13-19/h7-9,12-13,18,20,22,24H,10-11,14-17H2,1-6H3. The van der Waals surface area contributed by atoms with Gasteiger partial charge < -0.3 is 4.43 Å². The number of hydrogen-bond acceptors (Lipinski definition) is 2. The Morgan fingerprint density at radius 2 is 1.71 bits per heavy atom. The Kier molecular flexibility index (Phi) is 9.87. The van der Waals surface area contributed by atoms with E-state index < -0.39 is 9.04 Å². The molecule has 0 saturated heterocycles. The molecule has 0 aliphatic carbocycles. The van der Waals surface area contributed by atoms with Crippen molar-refractivity contribution in [3.05, 3.63) is 35.9 Å². The van der Waals surface area contributed by atoms with E-state index in [1.165, 1.54) is 31.2 Å². The Morgan fingerprint density at radius 1 is 1.04 bits per heavy atom. The fraction of sp³-hybridized carbons (Fsp3) is 0.714. The van der Waals surface area contributed by atoms with Gasteiger partial charge in [-0.15, -0.1) is 0 Å². The molecule has 1 rings (SSSR count). The maximum Gasteiger partial charge on any atom is 0.173 e. The van der Waals surface area contributed by atoms with E-state index >= 15 is 0 Å². The highest BCUT2D eigenvalue weighted by Gasteiger charge is 2.21. The quantitative estimate of drug-likeness (QED) is 0.329. The fourth-order valence-corrected chi connectivity index (χ4v) is 3.63. The third-order valence-electron chi connectivity index (χ3n) is 4.88. The lowest BCUT2D eigenvalue weighted by atomic mass is 9.79. The predicted octanol–water partition coefficient (Wildman–Crippen LogP) is 5.39. The van der Waals surface area contributed by atoms with E-state index in [9.17, 15) is 0 Å². The molecule has 2 atom stereocenters. The monoisotopic (exact) mass is 349 g/mol. The smallest absolute Gasteiger partial charge is 0.173 e. The largest absolute Gasteiger partial charge is 0.405 e. The second kappa shape index (κ2) is 11.1. The first kappa shape index (κ1) is 21.4. The van der Waals surface area contributed by atoms with E-state index in [0.717, 1.165) is 18.9 Å². The third kappa shape index (κ3) is 9.60. The number of rotatable bonds is 11. The van der Waals surface area contributed by atoms with Crippen LogP contribution in [0, 0.1) is 11.3 Å². The van der Waals surface area contributed by atoms with Crippen molar-refractivity contribution >= 4 is 9.04 Å². The van der Waals surface area contributed by atoms with Crippen molar-refractivity contribution in [2.24, 2.45) is 11.3 Å². The SMILES string of the molecule is CC(CCC(NCCCCc1ccccc1)O[SiH](C)C)C(C)(C)C. The van der Waals surface area contributed by atoms with Crippen LogP contribution >= 0.6 is 0 Å². The van der Waals surface area contributed by atoms with Crippen LogP contribution in [0.3, 0.4) is 0 Å². The molecular formula is C21H39NOSi. The Hall–Kier alpha value is -0.643. The molecule has 1 aromatic rings. The van der Waals surface area contributed by atoms with Gasteiger partial charge in [0.05, 0.1) is 6.23 Å². The summed E-state index contributed by atoms with van der Waals surface area (Å²) in [6.07, 6.45) is 6.23. The molecule has 0 saturated carbocycles. The molecule has 0 radical (unpaired) electrons. The van der Waals surface area contributed by atoms with Crippen LogP contribution in [0.15, 0.2) is 30.3 Å². The van der Waals surface area contributed by atoms with E-state index in [2.05, 4.69) is 76.4 Å². The molecular weight excluding hydrogens is 310 g/mol. The first-order valence-electron chi connectivity index (χ1n) is 9.72. The zero-order chi connectivity index (χ0) is 18.0. The van der Waals surface area contributed by atoms with Crippen molar-refractivity contribution in [2.75, 3.05) is 6.54 Å². The number of hydrogen-bond donors (Lipinski definition) is 1. The van der Waals surface area contributed by atoms with Crippen LogP contribution in [0.25, 0.3) is 0 Å². The minimum Gasteiger partial charge on any atom is -0.405 e. The molecule has 0 heterocycles. The lowest BCUT2D eigenvalue weighted by Gasteiger charge is -2.29. The minimum absolute atomic E-state index is 0.248. The lowest BCUT2D eigenvalue weighted by Crippen LogP contribution is -2.36. The Balaban J connectivity index is 2.27. The number of nitrogens with one attached hydrogen (secondary N) is 1. The summed E-state index contributed by atoms with van der Waals surface area (Å²) in [5.41, 5.74) is 1.83. The van der Waals surface area contributed by atoms with Crippen LogP contribution in [-0.2, 0) is 10.8 Å². The summed E-state index contributed by atoms with van der Waals surface area (Å²) in [6.45, 7) is 15.0. The van der Waals surface area contributed by atoms with Gasteiger partial charge in [0.2, 0.25) is 0 Å². The van der Waals surface area contributed by atoms with Gasteiger partial charge in [-0.1, -0.05) is 58.0 Å². The van der Waals surface area contributed by atoms with E-state index in [4.69, 9.17) is 4.43 Å². The maximum atomic E-state index is 6.21. The van der Waals surface area contributed by atoms with E-state index in [0.29, 0.717) is 5.41 Å². The lowest BCUT2D eigenvalue weighted by molar-refractivity contribution is 0.131. The summed E-state index contributed by atoms with van der Waals surface area (Å²) in [5, 5.41) is 3.66. The van der Waals surface area contributed by atoms with Gasteiger partial charge >= 0.3 is 0 Å². The second-order valence-corrected chi connectivity index (χ2v) is 10.8. The third-order valence-corrected chi connectivity index (χ3v) is 5.76. The van der Waals surface area contributed by atoms with Gasteiger partial charge in [-0.25, -0.2) is 0 Å². The molecule has 24 heavy (non-hydrogen) atoms. The van der Waals surface area contributed by atoms with Crippen molar-refractivity contribution in [3.8, 4) is 0 Å². The molecule has 0 amide bonds. The maximum absolute atomic E-state index is 6.21. The molecule has 138 valence electrons. The molecule has 0 aromatic heterocycles. The topological polar surface area (TPSA) is 21.3 Å². The van der Waals surface area contributed by atoms with E-state index in [-0.39, 0.29) is 6.23 Å². The summed E-state index contributed by atoms with van der Waals surface area (Å²) >= 11 is 0. The van der Waals surface area contributed by atoms with Gasteiger partial charge in [-0.3, -0.25) is 5.32 Å². The van der Waals surface area contributed by atoms with Crippen LogP contribution in [0.2, 0.25) is 13.1 Å². The molecule has 0 aliphatic rings. The van der Waals surface area contributed by atoms with Crippen LogP contribution in [0.4, 0.5) is 0 Å².